The number of unbranched alkanes of at least 4 members (excludes halogenated alkanes) is 1. The molecule has 8 heteroatoms. The van der Waals surface area contributed by atoms with Gasteiger partial charge in [0.2, 0.25) is 17.8 Å². The number of nitrogens with two attached hydrogens (primary N) is 1. The number of nitrogens with zero attached hydrogens (tertiary/aromatic N) is 2. The lowest BCUT2D eigenvalue weighted by molar-refractivity contribution is -0.912. The monoisotopic (exact) mass is 574 g/mol. The molecule has 1 amide bonds. The van der Waals surface area contributed by atoms with Crippen LogP contribution in [0.2, 0.25) is 5.02 Å². The number of aryl methyl sites for hydroxylation is 1. The Kier molecular flexibility index (Phi) is 9.63. The number of fused-ring (bicyclic) bond motifs is 1. The molecule has 3 aromatic carbocycles. The topological polar surface area (TPSA) is 91.5 Å². The average molecular weight is 575 g/mol. The van der Waals surface area contributed by atoms with Crippen LogP contribution in [0.1, 0.15) is 47.4 Å². The van der Waals surface area contributed by atoms with Crippen molar-refractivity contribution in [3.63, 3.8) is 0 Å². The number of rotatable bonds is 12. The molecule has 214 valence electrons. The van der Waals surface area contributed by atoms with Gasteiger partial charge in [-0.2, -0.15) is 0 Å². The molecule has 0 radical (unpaired) electrons. The summed E-state index contributed by atoms with van der Waals surface area (Å²) < 4.78 is 11.8. The van der Waals surface area contributed by atoms with E-state index in [-0.39, 0.29) is 4.48 Å². The van der Waals surface area contributed by atoms with Crippen molar-refractivity contribution in [1.82, 2.24) is 4.98 Å². The van der Waals surface area contributed by atoms with Gasteiger partial charge in [0, 0.05) is 32.8 Å². The quantitative estimate of drug-likeness (QED) is 0.157. The SMILES string of the molecule is CCCCc1cc2ccccc2c(OCC[N+](C)(C)[C@@H](C(=O)OC)c2ccc(C(N)=O)cc2-c2ccccc2Cl)n1. The van der Waals surface area contributed by atoms with Crippen LogP contribution in [0.15, 0.2) is 72.8 Å². The second kappa shape index (κ2) is 13.1. The zero-order valence-electron chi connectivity index (χ0n) is 24.0. The minimum Gasteiger partial charge on any atom is -0.471 e. The summed E-state index contributed by atoms with van der Waals surface area (Å²) in [6.07, 6.45) is 3.02. The van der Waals surface area contributed by atoms with Crippen molar-refractivity contribution in [3.8, 4) is 17.0 Å². The third-order valence-corrected chi connectivity index (χ3v) is 7.70. The van der Waals surface area contributed by atoms with Crippen LogP contribution in [0.25, 0.3) is 21.9 Å². The standard InChI is InChI=1S/C33H36ClN3O4/c1-5-6-12-24-20-22-11-7-8-13-25(22)32(36-24)41-19-18-37(2,3)30(33(39)40-4)27-17-16-23(31(35)38)21-28(27)26-14-9-10-15-29(26)34/h7-11,13-17,20-21,30H,5-6,12,18-19H2,1-4H3,(H-,35,38)/p+1/t30-/m1/s1. The largest absolute Gasteiger partial charge is 0.471 e. The number of methoxy groups -OCH3 is 1. The molecule has 0 saturated carbocycles. The first kappa shape index (κ1) is 30.0. The second-order valence-corrected chi connectivity index (χ2v) is 11.1. The molecule has 0 saturated heterocycles. The van der Waals surface area contributed by atoms with Crippen molar-refractivity contribution in [3.05, 3.63) is 94.6 Å². The Morgan fingerprint density at radius 1 is 1.00 bits per heavy atom. The number of pyridine rings is 1. The van der Waals surface area contributed by atoms with Gasteiger partial charge in [0.25, 0.3) is 0 Å². The summed E-state index contributed by atoms with van der Waals surface area (Å²) in [5, 5.41) is 2.53. The molecule has 0 fully saturated rings. The van der Waals surface area contributed by atoms with E-state index in [9.17, 15) is 9.59 Å². The van der Waals surface area contributed by atoms with E-state index < -0.39 is 17.9 Å². The molecule has 0 unspecified atom stereocenters. The predicted octanol–water partition coefficient (Wildman–Crippen LogP) is 6.37. The number of ether oxygens (including phenoxy) is 2. The lowest BCUT2D eigenvalue weighted by Gasteiger charge is -2.37. The van der Waals surface area contributed by atoms with Gasteiger partial charge in [0.05, 0.1) is 21.2 Å². The van der Waals surface area contributed by atoms with Gasteiger partial charge in [-0.1, -0.05) is 67.4 Å². The van der Waals surface area contributed by atoms with Crippen LogP contribution in [-0.4, -0.2) is 55.7 Å². The number of carbonyl (C=O) groups excluding carboxylic acids is 2. The van der Waals surface area contributed by atoms with Crippen molar-refractivity contribution < 1.29 is 23.5 Å². The van der Waals surface area contributed by atoms with Gasteiger partial charge in [0.15, 0.2) is 0 Å². The van der Waals surface area contributed by atoms with Gasteiger partial charge < -0.3 is 19.7 Å². The summed E-state index contributed by atoms with van der Waals surface area (Å²) >= 11 is 6.57. The maximum absolute atomic E-state index is 13.4. The molecule has 7 nitrogen and oxygen atoms in total. The second-order valence-electron chi connectivity index (χ2n) is 10.7. The molecule has 0 bridgehead atoms. The van der Waals surface area contributed by atoms with Gasteiger partial charge in [-0.15, -0.1) is 0 Å². The fourth-order valence-corrected chi connectivity index (χ4v) is 5.32. The Labute approximate surface area is 246 Å². The van der Waals surface area contributed by atoms with Crippen LogP contribution in [0.4, 0.5) is 0 Å². The van der Waals surface area contributed by atoms with Crippen LogP contribution in [0.5, 0.6) is 5.88 Å². The normalized spacial score (nSPS) is 12.2. The highest BCUT2D eigenvalue weighted by atomic mass is 35.5. The van der Waals surface area contributed by atoms with E-state index in [1.54, 1.807) is 24.3 Å². The fourth-order valence-electron chi connectivity index (χ4n) is 5.08. The smallest absolute Gasteiger partial charge is 0.369 e. The summed E-state index contributed by atoms with van der Waals surface area (Å²) in [4.78, 5) is 30.3. The molecule has 1 heterocycles. The molecule has 0 aliphatic carbocycles. The first-order valence-electron chi connectivity index (χ1n) is 13.8. The van der Waals surface area contributed by atoms with E-state index in [1.165, 1.54) is 7.11 Å². The van der Waals surface area contributed by atoms with Gasteiger partial charge in [-0.05, 0) is 54.1 Å². The molecule has 0 aliphatic rings. The summed E-state index contributed by atoms with van der Waals surface area (Å²) in [7, 11) is 5.27. The summed E-state index contributed by atoms with van der Waals surface area (Å²) in [5.41, 5.74) is 8.93. The lowest BCUT2D eigenvalue weighted by atomic mass is 9.91. The Hall–Kier alpha value is -3.94. The maximum Gasteiger partial charge on any atom is 0.369 e. The molecule has 0 spiro atoms. The number of amides is 1. The van der Waals surface area contributed by atoms with E-state index in [1.807, 2.05) is 50.5 Å². The first-order valence-corrected chi connectivity index (χ1v) is 14.1. The summed E-state index contributed by atoms with van der Waals surface area (Å²) in [6, 6.07) is 21.8. The van der Waals surface area contributed by atoms with Gasteiger partial charge >= 0.3 is 5.97 Å². The Balaban J connectivity index is 1.68. The molecule has 1 atom stereocenters. The van der Waals surface area contributed by atoms with E-state index in [0.29, 0.717) is 46.3 Å². The van der Waals surface area contributed by atoms with E-state index in [0.717, 1.165) is 35.7 Å². The number of likely N-dealkylation sites (N-methyl/N-ethyl adjacent to an activating group) is 1. The number of quaternary nitrogens is 1. The van der Waals surface area contributed by atoms with Crippen LogP contribution >= 0.6 is 11.6 Å². The van der Waals surface area contributed by atoms with Gasteiger partial charge in [0.1, 0.15) is 13.2 Å². The number of halogens is 1. The molecule has 0 aliphatic heterocycles. The highest BCUT2D eigenvalue weighted by Gasteiger charge is 2.39. The lowest BCUT2D eigenvalue weighted by Crippen LogP contribution is -2.49. The van der Waals surface area contributed by atoms with E-state index in [2.05, 4.69) is 19.1 Å². The first-order chi connectivity index (χ1) is 19.7. The van der Waals surface area contributed by atoms with Crippen molar-refractivity contribution >= 4 is 34.2 Å². The van der Waals surface area contributed by atoms with Crippen LogP contribution in [0, 0.1) is 0 Å². The zero-order valence-corrected chi connectivity index (χ0v) is 24.8. The van der Waals surface area contributed by atoms with Crippen molar-refractivity contribution in [1.29, 1.82) is 0 Å². The minimum atomic E-state index is -0.739. The van der Waals surface area contributed by atoms with Crippen molar-refractivity contribution in [2.75, 3.05) is 34.4 Å². The number of primary amides is 1. The molecule has 1 aromatic heterocycles. The Bertz CT molecular complexity index is 1550. The molecule has 4 aromatic rings. The molecule has 41 heavy (non-hydrogen) atoms. The van der Waals surface area contributed by atoms with Crippen LogP contribution in [-0.2, 0) is 16.0 Å². The molecular weight excluding hydrogens is 538 g/mol. The molecular formula is C33H37ClN3O4+. The van der Waals surface area contributed by atoms with Crippen molar-refractivity contribution in [2.45, 2.75) is 32.2 Å². The Morgan fingerprint density at radius 3 is 2.44 bits per heavy atom. The van der Waals surface area contributed by atoms with E-state index >= 15 is 0 Å². The maximum atomic E-state index is 13.4. The molecule has 2 N–H and O–H groups in total. The molecule has 4 rings (SSSR count). The summed E-state index contributed by atoms with van der Waals surface area (Å²) in [6.45, 7) is 2.94. The van der Waals surface area contributed by atoms with Gasteiger partial charge in [-0.3, -0.25) is 4.79 Å². The number of aromatic nitrogens is 1. The highest BCUT2D eigenvalue weighted by Crippen LogP contribution is 2.38. The third-order valence-electron chi connectivity index (χ3n) is 7.37. The number of benzene rings is 3. The Morgan fingerprint density at radius 2 is 1.73 bits per heavy atom. The van der Waals surface area contributed by atoms with Crippen LogP contribution in [0.3, 0.4) is 0 Å². The van der Waals surface area contributed by atoms with Crippen molar-refractivity contribution in [2.24, 2.45) is 5.73 Å². The number of carbonyl (C=O) groups is 2. The number of esters is 1. The third kappa shape index (κ3) is 6.87. The number of hydrogen-bond acceptors (Lipinski definition) is 5. The average Bonchev–Trinajstić information content (AvgIpc) is 2.96. The summed E-state index contributed by atoms with van der Waals surface area (Å²) in [5.74, 6) is -0.394. The number of hydrogen-bond donors (Lipinski definition) is 1. The fraction of sp³-hybridized carbons (Fsp3) is 0.303. The predicted molar refractivity (Wildman–Crippen MR) is 163 cm³/mol. The zero-order chi connectivity index (χ0) is 29.6. The van der Waals surface area contributed by atoms with Gasteiger partial charge in [-0.25, -0.2) is 9.78 Å². The highest BCUT2D eigenvalue weighted by molar-refractivity contribution is 6.33. The van der Waals surface area contributed by atoms with E-state index in [4.69, 9.17) is 31.8 Å². The van der Waals surface area contributed by atoms with Crippen LogP contribution < -0.4 is 10.5 Å². The minimum absolute atomic E-state index is 0.216.